The van der Waals surface area contributed by atoms with Crippen LogP contribution in [0.2, 0.25) is 54.4 Å². The van der Waals surface area contributed by atoms with Gasteiger partial charge in [-0.2, -0.15) is 0 Å². The quantitative estimate of drug-likeness (QED) is 0.0930. The molecule has 0 aliphatic heterocycles. The van der Waals surface area contributed by atoms with E-state index in [-0.39, 0.29) is 28.6 Å². The third-order valence-corrected chi connectivity index (χ3v) is 28.9. The molecule has 0 radical (unpaired) electrons. The second kappa shape index (κ2) is 18.8. The van der Waals surface area contributed by atoms with Crippen molar-refractivity contribution in [1.29, 1.82) is 0 Å². The molecule has 0 saturated heterocycles. The maximum atomic E-state index is 13.2. The molecule has 48 heavy (non-hydrogen) atoms. The van der Waals surface area contributed by atoms with Crippen LogP contribution in [0.25, 0.3) is 0 Å². The number of Topliss-reactive ketones (excluding diaryl/α,β-unsaturated/α-hetero) is 1. The molecular weight excluding hydrogens is 641 g/mol. The highest BCUT2D eigenvalue weighted by Crippen LogP contribution is 2.58. The largest absolute Gasteiger partial charge is 0.412 e. The van der Waals surface area contributed by atoms with E-state index in [0.717, 1.165) is 32.1 Å². The van der Waals surface area contributed by atoms with Crippen LogP contribution in [0.15, 0.2) is 0 Å². The number of hydrogen-bond acceptors (Lipinski definition) is 4. The highest BCUT2D eigenvalue weighted by atomic mass is 28.4. The summed E-state index contributed by atoms with van der Waals surface area (Å²) in [4.78, 5) is 13.2. The monoisotopic (exact) mass is 725 g/mol. The van der Waals surface area contributed by atoms with Crippen LogP contribution in [0.5, 0.6) is 0 Å². The molecule has 0 bridgehead atoms. The van der Waals surface area contributed by atoms with Crippen LogP contribution < -0.4 is 0 Å². The van der Waals surface area contributed by atoms with Crippen LogP contribution in [-0.2, 0) is 18.1 Å². The lowest BCUT2D eigenvalue weighted by Crippen LogP contribution is -2.54. The molecule has 2 rings (SSSR count). The number of fused-ring (bicyclic) bond motifs is 1. The summed E-state index contributed by atoms with van der Waals surface area (Å²) in [5, 5.41) is 0. The molecule has 0 aromatic rings. The average Bonchev–Trinajstić information content (AvgIpc) is 3.43. The van der Waals surface area contributed by atoms with Crippen LogP contribution in [0.3, 0.4) is 0 Å². The predicted octanol–water partition coefficient (Wildman–Crippen LogP) is 13.3. The van der Waals surface area contributed by atoms with E-state index in [1.165, 1.54) is 86.5 Å². The van der Waals surface area contributed by atoms with Crippen molar-refractivity contribution in [3.63, 3.8) is 0 Å². The first-order valence-corrected chi connectivity index (χ1v) is 28.7. The molecule has 5 atom stereocenters. The summed E-state index contributed by atoms with van der Waals surface area (Å²) in [6.07, 6.45) is 11.3. The van der Waals surface area contributed by atoms with Gasteiger partial charge in [0.05, 0.1) is 17.3 Å². The summed E-state index contributed by atoms with van der Waals surface area (Å²) in [6, 6.07) is 10.6. The molecule has 2 saturated carbocycles. The van der Waals surface area contributed by atoms with E-state index < -0.39 is 25.0 Å². The van der Waals surface area contributed by atoms with Crippen LogP contribution in [0, 0.1) is 23.2 Å². The molecule has 0 spiro atoms. The van der Waals surface area contributed by atoms with Crippen LogP contribution in [0.1, 0.15) is 161 Å². The molecule has 0 amide bonds. The maximum Gasteiger partial charge on any atom is 0.192 e. The SMILES string of the molecule is CC[Si](CC)(CC)O[C@H](CC[C@H](CCCC(C)(C)O[Si](CC)(CC)CC)[C@H]1CC[C@H]2C(=O)CCC[C@]12C)C(C)(C)O[Si](CC)(CC)CC. The third-order valence-electron chi connectivity index (χ3n) is 14.6. The van der Waals surface area contributed by atoms with Gasteiger partial charge in [0.1, 0.15) is 5.78 Å². The van der Waals surface area contributed by atoms with Crippen LogP contribution in [-0.4, -0.2) is 48.0 Å². The normalized spacial score (nSPS) is 24.2. The molecule has 0 aromatic heterocycles. The molecule has 2 aliphatic carbocycles. The number of hydrogen-bond donors (Lipinski definition) is 0. The van der Waals surface area contributed by atoms with Gasteiger partial charge in [-0.25, -0.2) is 0 Å². The van der Waals surface area contributed by atoms with Gasteiger partial charge >= 0.3 is 0 Å². The zero-order chi connectivity index (χ0) is 36.4. The Labute approximate surface area is 303 Å². The fraction of sp³-hybridized carbons (Fsp3) is 0.976. The van der Waals surface area contributed by atoms with Crippen molar-refractivity contribution in [3.05, 3.63) is 0 Å². The first-order valence-electron chi connectivity index (χ1n) is 21.1. The summed E-state index contributed by atoms with van der Waals surface area (Å²) in [7, 11) is -5.36. The molecule has 284 valence electrons. The molecule has 0 N–H and O–H groups in total. The lowest BCUT2D eigenvalue weighted by Gasteiger charge is -2.47. The zero-order valence-electron chi connectivity index (χ0n) is 34.9. The first kappa shape index (κ1) is 44.4. The minimum absolute atomic E-state index is 0.0772. The molecule has 2 aliphatic rings. The van der Waals surface area contributed by atoms with Crippen molar-refractivity contribution in [1.82, 2.24) is 0 Å². The van der Waals surface area contributed by atoms with Crippen molar-refractivity contribution in [2.45, 2.75) is 233 Å². The van der Waals surface area contributed by atoms with Gasteiger partial charge in [0.2, 0.25) is 0 Å². The Bertz CT molecular complexity index is 931. The maximum absolute atomic E-state index is 13.2. The molecule has 4 nitrogen and oxygen atoms in total. The number of carbonyl (C=O) groups is 1. The standard InChI is InChI=1S/C41H84O4Si3/c1-15-46(16-2,17-3)43-38(40(12,13)45-48(21-7,22-8)23-9)31-28-34(35-29-30-36-37(42)27-25-33-41(35,36)14)26-24-32-39(10,11)44-47(18-4,19-5)20-6/h34-36,38H,15-33H2,1-14H3/t34-,35+,36-,38+,41+/m0/s1. The van der Waals surface area contributed by atoms with Gasteiger partial charge in [-0.15, -0.1) is 0 Å². The highest BCUT2D eigenvalue weighted by Gasteiger charge is 2.53. The van der Waals surface area contributed by atoms with E-state index in [0.29, 0.717) is 17.6 Å². The zero-order valence-corrected chi connectivity index (χ0v) is 37.9. The summed E-state index contributed by atoms with van der Waals surface area (Å²) in [6.45, 7) is 33.2. The Balaban J connectivity index is 2.43. The Morgan fingerprint density at radius 2 is 1.21 bits per heavy atom. The smallest absolute Gasteiger partial charge is 0.192 e. The molecule has 0 aromatic carbocycles. The topological polar surface area (TPSA) is 44.8 Å². The molecule has 7 heteroatoms. The second-order valence-corrected chi connectivity index (χ2v) is 31.8. The van der Waals surface area contributed by atoms with Crippen molar-refractivity contribution in [3.8, 4) is 0 Å². The second-order valence-electron chi connectivity index (χ2n) is 17.7. The third kappa shape index (κ3) is 10.6. The van der Waals surface area contributed by atoms with Crippen molar-refractivity contribution >= 4 is 30.7 Å². The summed E-state index contributed by atoms with van der Waals surface area (Å²) in [5.74, 6) is 2.07. The lowest BCUT2D eigenvalue weighted by molar-refractivity contribution is -0.130. The van der Waals surface area contributed by atoms with E-state index in [1.54, 1.807) is 0 Å². The molecular formula is C41H84O4Si3. The number of carbonyl (C=O) groups excluding carboxylic acids is 1. The van der Waals surface area contributed by atoms with Gasteiger partial charge in [-0.05, 0) is 144 Å². The van der Waals surface area contributed by atoms with Gasteiger partial charge in [0.25, 0.3) is 0 Å². The molecule has 2 fully saturated rings. The van der Waals surface area contributed by atoms with Crippen molar-refractivity contribution < 1.29 is 18.1 Å². The predicted molar refractivity (Wildman–Crippen MR) is 217 cm³/mol. The minimum Gasteiger partial charge on any atom is -0.412 e. The van der Waals surface area contributed by atoms with Crippen LogP contribution in [0.4, 0.5) is 0 Å². The van der Waals surface area contributed by atoms with Crippen LogP contribution >= 0.6 is 0 Å². The van der Waals surface area contributed by atoms with E-state index in [4.69, 9.17) is 13.3 Å². The molecule has 0 unspecified atom stereocenters. The van der Waals surface area contributed by atoms with Gasteiger partial charge in [0.15, 0.2) is 25.0 Å². The summed E-state index contributed by atoms with van der Waals surface area (Å²) < 4.78 is 22.0. The highest BCUT2D eigenvalue weighted by molar-refractivity contribution is 6.74. The Morgan fingerprint density at radius 1 is 0.708 bits per heavy atom. The van der Waals surface area contributed by atoms with Crippen molar-refractivity contribution in [2.24, 2.45) is 23.2 Å². The van der Waals surface area contributed by atoms with E-state index >= 15 is 0 Å². The Kier molecular flexibility index (Phi) is 17.4. The lowest BCUT2D eigenvalue weighted by atomic mass is 9.61. The fourth-order valence-corrected chi connectivity index (χ4v) is 19.9. The fourth-order valence-electron chi connectivity index (χ4n) is 10.5. The number of ketones is 1. The molecule has 0 heterocycles. The summed E-state index contributed by atoms with van der Waals surface area (Å²) in [5.41, 5.74) is -0.220. The van der Waals surface area contributed by atoms with E-state index in [9.17, 15) is 4.79 Å². The van der Waals surface area contributed by atoms with E-state index in [1.807, 2.05) is 0 Å². The average molecular weight is 725 g/mol. The van der Waals surface area contributed by atoms with Gasteiger partial charge in [0, 0.05) is 12.3 Å². The van der Waals surface area contributed by atoms with Gasteiger partial charge in [-0.3, -0.25) is 4.79 Å². The number of rotatable bonds is 24. The first-order chi connectivity index (χ1) is 22.5. The summed E-state index contributed by atoms with van der Waals surface area (Å²) >= 11 is 0. The van der Waals surface area contributed by atoms with Gasteiger partial charge in [-0.1, -0.05) is 82.1 Å². The Morgan fingerprint density at radius 3 is 1.71 bits per heavy atom. The Hall–Kier alpha value is 0.201. The van der Waals surface area contributed by atoms with Crippen molar-refractivity contribution in [2.75, 3.05) is 0 Å². The van der Waals surface area contributed by atoms with Gasteiger partial charge < -0.3 is 13.3 Å². The minimum atomic E-state index is -1.86. The van der Waals surface area contributed by atoms with E-state index in [2.05, 4.69) is 96.9 Å².